The van der Waals surface area contributed by atoms with Crippen LogP contribution in [-0.4, -0.2) is 44.5 Å². The number of hydrogen-bond acceptors (Lipinski definition) is 5. The molecule has 9 nitrogen and oxygen atoms in total. The van der Waals surface area contributed by atoms with Crippen LogP contribution in [-0.2, 0) is 23.1 Å². The molecule has 2 aromatic heterocycles. The Kier molecular flexibility index (Phi) is 7.78. The number of aryl methyl sites for hydroxylation is 3. The van der Waals surface area contributed by atoms with Gasteiger partial charge in [-0.05, 0) is 43.0 Å². The number of amides is 1. The molecular formula is C26H32N4O5. The van der Waals surface area contributed by atoms with Gasteiger partial charge in [-0.25, -0.2) is 9.48 Å². The zero-order valence-electron chi connectivity index (χ0n) is 20.9. The molecule has 3 aromatic rings. The van der Waals surface area contributed by atoms with Crippen LogP contribution in [0.2, 0.25) is 0 Å². The second-order valence-electron chi connectivity index (χ2n) is 8.99. The third kappa shape index (κ3) is 5.45. The van der Waals surface area contributed by atoms with Gasteiger partial charge in [0.25, 0.3) is 5.56 Å². The van der Waals surface area contributed by atoms with E-state index in [4.69, 9.17) is 4.74 Å². The summed E-state index contributed by atoms with van der Waals surface area (Å²) in [6.07, 6.45) is 1.57. The van der Waals surface area contributed by atoms with Crippen molar-refractivity contribution in [2.75, 3.05) is 7.11 Å². The van der Waals surface area contributed by atoms with Crippen LogP contribution < -0.4 is 15.6 Å². The summed E-state index contributed by atoms with van der Waals surface area (Å²) in [4.78, 5) is 37.8. The SMILES string of the molecule is COc1cnn(C)c(=O)c1-c1ccc(C[C@@H](NC(=O)C(C(C)C)n2c(C)ccc2C)C(=O)O)cc1. The Morgan fingerprint density at radius 1 is 1.09 bits per heavy atom. The number of carboxylic acids is 1. The number of aromatic nitrogens is 3. The summed E-state index contributed by atoms with van der Waals surface area (Å²) in [5.74, 6) is -1.13. The zero-order chi connectivity index (χ0) is 25.9. The third-order valence-electron chi connectivity index (χ3n) is 6.12. The molecule has 35 heavy (non-hydrogen) atoms. The molecule has 0 aliphatic heterocycles. The summed E-state index contributed by atoms with van der Waals surface area (Å²) < 4.78 is 8.46. The number of carbonyl (C=O) groups excluding carboxylic acids is 1. The number of carboxylic acid groups (broad SMARTS) is 1. The minimum absolute atomic E-state index is 0.0357. The molecule has 0 saturated carbocycles. The number of benzene rings is 1. The lowest BCUT2D eigenvalue weighted by Crippen LogP contribution is -2.46. The number of carbonyl (C=O) groups is 2. The molecular weight excluding hydrogens is 448 g/mol. The van der Waals surface area contributed by atoms with Gasteiger partial charge in [0.05, 0.1) is 18.9 Å². The normalized spacial score (nSPS) is 12.9. The van der Waals surface area contributed by atoms with Crippen molar-refractivity contribution in [2.45, 2.75) is 46.2 Å². The summed E-state index contributed by atoms with van der Waals surface area (Å²) in [5.41, 5.74) is 3.29. The van der Waals surface area contributed by atoms with Crippen LogP contribution in [0.25, 0.3) is 11.1 Å². The number of nitrogens with zero attached hydrogens (tertiary/aromatic N) is 3. The van der Waals surface area contributed by atoms with Crippen molar-refractivity contribution < 1.29 is 19.4 Å². The van der Waals surface area contributed by atoms with Gasteiger partial charge < -0.3 is 19.7 Å². The minimum atomic E-state index is -1.12. The van der Waals surface area contributed by atoms with Crippen molar-refractivity contribution in [3.8, 4) is 16.9 Å². The maximum atomic E-state index is 13.2. The maximum absolute atomic E-state index is 13.2. The number of methoxy groups -OCH3 is 1. The van der Waals surface area contributed by atoms with Gasteiger partial charge in [-0.3, -0.25) is 9.59 Å². The molecule has 2 atom stereocenters. The van der Waals surface area contributed by atoms with Gasteiger partial charge in [0.1, 0.15) is 12.1 Å². The Labute approximate surface area is 204 Å². The van der Waals surface area contributed by atoms with Gasteiger partial charge in [-0.2, -0.15) is 5.10 Å². The first-order chi connectivity index (χ1) is 16.5. The van der Waals surface area contributed by atoms with Crippen LogP contribution in [0.4, 0.5) is 0 Å². The van der Waals surface area contributed by atoms with Crippen LogP contribution in [0, 0.1) is 19.8 Å². The van der Waals surface area contributed by atoms with Crippen LogP contribution in [0.5, 0.6) is 5.75 Å². The minimum Gasteiger partial charge on any atom is -0.494 e. The first-order valence-electron chi connectivity index (χ1n) is 11.4. The van der Waals surface area contributed by atoms with E-state index in [0.717, 1.165) is 11.4 Å². The van der Waals surface area contributed by atoms with Crippen molar-refractivity contribution >= 4 is 11.9 Å². The highest BCUT2D eigenvalue weighted by Gasteiger charge is 2.30. The molecule has 0 saturated heterocycles. The molecule has 2 heterocycles. The molecule has 1 amide bonds. The molecule has 9 heteroatoms. The number of nitrogens with one attached hydrogen (secondary N) is 1. The van der Waals surface area contributed by atoms with E-state index in [9.17, 15) is 19.5 Å². The number of aliphatic carboxylic acids is 1. The predicted octanol–water partition coefficient (Wildman–Crippen LogP) is 2.88. The number of hydrogen-bond donors (Lipinski definition) is 2. The summed E-state index contributed by atoms with van der Waals surface area (Å²) in [6.45, 7) is 7.73. The molecule has 0 aliphatic carbocycles. The molecule has 1 unspecified atom stereocenters. The molecule has 2 N–H and O–H groups in total. The Morgan fingerprint density at radius 3 is 2.20 bits per heavy atom. The smallest absolute Gasteiger partial charge is 0.326 e. The molecule has 0 bridgehead atoms. The molecule has 0 radical (unpaired) electrons. The number of rotatable bonds is 9. The Hall–Kier alpha value is -3.88. The van der Waals surface area contributed by atoms with Crippen molar-refractivity contribution in [3.63, 3.8) is 0 Å². The highest BCUT2D eigenvalue weighted by Crippen LogP contribution is 2.26. The summed E-state index contributed by atoms with van der Waals surface area (Å²) >= 11 is 0. The zero-order valence-corrected chi connectivity index (χ0v) is 20.9. The highest BCUT2D eigenvalue weighted by molar-refractivity contribution is 5.86. The monoisotopic (exact) mass is 480 g/mol. The van der Waals surface area contributed by atoms with Crippen molar-refractivity contribution in [1.29, 1.82) is 0 Å². The van der Waals surface area contributed by atoms with Crippen LogP contribution >= 0.6 is 0 Å². The van der Waals surface area contributed by atoms with E-state index in [1.165, 1.54) is 18.0 Å². The fourth-order valence-corrected chi connectivity index (χ4v) is 4.28. The Morgan fingerprint density at radius 2 is 1.69 bits per heavy atom. The van der Waals surface area contributed by atoms with Gasteiger partial charge in [-0.15, -0.1) is 0 Å². The lowest BCUT2D eigenvalue weighted by molar-refractivity contribution is -0.142. The Bertz CT molecular complexity index is 1250. The number of ether oxygens (including phenoxy) is 1. The second kappa shape index (κ2) is 10.6. The van der Waals surface area contributed by atoms with Crippen molar-refractivity contribution in [3.05, 3.63) is 69.9 Å². The third-order valence-corrected chi connectivity index (χ3v) is 6.12. The molecule has 0 spiro atoms. The van der Waals surface area contributed by atoms with Crippen molar-refractivity contribution in [1.82, 2.24) is 19.7 Å². The summed E-state index contributed by atoms with van der Waals surface area (Å²) in [7, 11) is 3.02. The topological polar surface area (TPSA) is 115 Å². The lowest BCUT2D eigenvalue weighted by atomic mass is 9.99. The second-order valence-corrected chi connectivity index (χ2v) is 8.99. The first-order valence-corrected chi connectivity index (χ1v) is 11.4. The van der Waals surface area contributed by atoms with Gasteiger partial charge in [0, 0.05) is 24.9 Å². The summed E-state index contributed by atoms with van der Waals surface area (Å²) in [5, 5.41) is 16.5. The van der Waals surface area contributed by atoms with E-state index in [0.29, 0.717) is 22.4 Å². The highest BCUT2D eigenvalue weighted by atomic mass is 16.5. The average molecular weight is 481 g/mol. The standard InChI is InChI=1S/C26H32N4O5/c1-15(2)23(30-16(3)7-8-17(30)4)24(31)28-20(26(33)34)13-18-9-11-19(12-10-18)22-21(35-6)14-27-29(5)25(22)32/h7-12,14-15,20,23H,13H2,1-6H3,(H,28,31)(H,33,34)/t20-,23?/m1/s1. The molecule has 3 rings (SSSR count). The maximum Gasteiger partial charge on any atom is 0.326 e. The van der Waals surface area contributed by atoms with E-state index < -0.39 is 18.1 Å². The Balaban J connectivity index is 1.83. The van der Waals surface area contributed by atoms with E-state index >= 15 is 0 Å². The molecule has 0 fully saturated rings. The van der Waals surface area contributed by atoms with E-state index in [2.05, 4.69) is 10.4 Å². The predicted molar refractivity (Wildman–Crippen MR) is 133 cm³/mol. The van der Waals surface area contributed by atoms with Crippen LogP contribution in [0.15, 0.2) is 47.4 Å². The van der Waals surface area contributed by atoms with Gasteiger partial charge in [0.15, 0.2) is 5.75 Å². The van der Waals surface area contributed by atoms with E-state index in [-0.39, 0.29) is 23.8 Å². The fourth-order valence-electron chi connectivity index (χ4n) is 4.28. The van der Waals surface area contributed by atoms with E-state index in [1.54, 1.807) is 31.3 Å². The lowest BCUT2D eigenvalue weighted by Gasteiger charge is -2.27. The fraction of sp³-hybridized carbons (Fsp3) is 0.385. The van der Waals surface area contributed by atoms with Crippen LogP contribution in [0.1, 0.15) is 36.8 Å². The average Bonchev–Trinajstić information content (AvgIpc) is 3.13. The first kappa shape index (κ1) is 25.7. The van der Waals surface area contributed by atoms with Gasteiger partial charge in [0.2, 0.25) is 5.91 Å². The van der Waals surface area contributed by atoms with E-state index in [1.807, 2.05) is 44.4 Å². The van der Waals surface area contributed by atoms with Crippen LogP contribution in [0.3, 0.4) is 0 Å². The van der Waals surface area contributed by atoms with Crippen molar-refractivity contribution in [2.24, 2.45) is 13.0 Å². The van der Waals surface area contributed by atoms with Gasteiger partial charge in [-0.1, -0.05) is 38.1 Å². The van der Waals surface area contributed by atoms with Gasteiger partial charge >= 0.3 is 5.97 Å². The summed E-state index contributed by atoms with van der Waals surface area (Å²) in [6, 6.07) is 9.23. The largest absolute Gasteiger partial charge is 0.494 e. The molecule has 186 valence electrons. The quantitative estimate of drug-likeness (QED) is 0.487. The molecule has 1 aromatic carbocycles. The molecule has 0 aliphatic rings.